The lowest BCUT2D eigenvalue weighted by molar-refractivity contribution is -0.127. The zero-order valence-corrected chi connectivity index (χ0v) is 15.7. The van der Waals surface area contributed by atoms with Crippen molar-refractivity contribution in [2.24, 2.45) is 5.73 Å². The minimum absolute atomic E-state index is 0.0502. The second-order valence-corrected chi connectivity index (χ2v) is 7.19. The average molecular weight is 401 g/mol. The summed E-state index contributed by atoms with van der Waals surface area (Å²) in [7, 11) is 0. The Morgan fingerprint density at radius 3 is 2.75 bits per heavy atom. The van der Waals surface area contributed by atoms with Crippen molar-refractivity contribution in [2.45, 2.75) is 19.4 Å². The van der Waals surface area contributed by atoms with Gasteiger partial charge in [0.25, 0.3) is 5.91 Å². The normalized spacial score (nSPS) is 14.2. The zero-order chi connectivity index (χ0) is 19.8. The number of carbonyl (C=O) groups is 2. The molecule has 28 heavy (non-hydrogen) atoms. The Hall–Kier alpha value is -2.93. The van der Waals surface area contributed by atoms with Gasteiger partial charge in [0.15, 0.2) is 0 Å². The van der Waals surface area contributed by atoms with Crippen LogP contribution in [0.3, 0.4) is 0 Å². The Bertz CT molecular complexity index is 1100. The summed E-state index contributed by atoms with van der Waals surface area (Å²) in [4.78, 5) is 29.6. The molecule has 0 unspecified atom stereocenters. The van der Waals surface area contributed by atoms with Crippen LogP contribution in [0.5, 0.6) is 0 Å². The van der Waals surface area contributed by atoms with Gasteiger partial charge in [-0.3, -0.25) is 9.59 Å². The molecule has 3 aromatic rings. The number of aromatic nitrogens is 2. The van der Waals surface area contributed by atoms with Gasteiger partial charge in [0.05, 0.1) is 5.02 Å². The number of likely N-dealkylation sites (tertiary alicyclic amines) is 1. The first-order valence-electron chi connectivity index (χ1n) is 8.97. The van der Waals surface area contributed by atoms with E-state index in [-0.39, 0.29) is 16.6 Å². The summed E-state index contributed by atoms with van der Waals surface area (Å²) >= 11 is 5.80. The van der Waals surface area contributed by atoms with E-state index in [1.807, 2.05) is 15.7 Å². The topological polar surface area (TPSA) is 81.2 Å². The molecule has 1 aliphatic rings. The first-order chi connectivity index (χ1) is 13.4. The fourth-order valence-corrected chi connectivity index (χ4v) is 3.65. The largest absolute Gasteiger partial charge is 0.364 e. The van der Waals surface area contributed by atoms with Gasteiger partial charge in [0, 0.05) is 43.2 Å². The van der Waals surface area contributed by atoms with Crippen molar-refractivity contribution in [1.82, 2.24) is 14.5 Å². The standard InChI is InChI=1S/C20H18ClFN4O2/c21-15-5-3-12(10-16(15)22)14-11-26(9-8-25-7-1-2-18(25)27)20-13(14)4-6-17(24-20)19(23)28/h3-6,10-11H,1-2,7-9H2,(H2,23,28). The molecule has 1 fully saturated rings. The first-order valence-corrected chi connectivity index (χ1v) is 9.35. The molecule has 2 N–H and O–H groups in total. The molecule has 8 heteroatoms. The van der Waals surface area contributed by atoms with Crippen molar-refractivity contribution in [3.8, 4) is 11.1 Å². The highest BCUT2D eigenvalue weighted by atomic mass is 35.5. The number of hydrogen-bond donors (Lipinski definition) is 1. The monoisotopic (exact) mass is 400 g/mol. The van der Waals surface area contributed by atoms with Crippen LogP contribution in [0.4, 0.5) is 4.39 Å². The molecule has 3 heterocycles. The fraction of sp³-hybridized carbons (Fsp3) is 0.250. The molecule has 0 saturated carbocycles. The summed E-state index contributed by atoms with van der Waals surface area (Å²) in [5.74, 6) is -0.991. The van der Waals surface area contributed by atoms with Gasteiger partial charge in [0.1, 0.15) is 17.2 Å². The lowest BCUT2D eigenvalue weighted by atomic mass is 10.1. The molecule has 4 rings (SSSR count). The number of benzene rings is 1. The minimum Gasteiger partial charge on any atom is -0.364 e. The summed E-state index contributed by atoms with van der Waals surface area (Å²) in [6, 6.07) is 7.91. The molecule has 144 valence electrons. The highest BCUT2D eigenvalue weighted by Gasteiger charge is 2.21. The molecule has 0 radical (unpaired) electrons. The van der Waals surface area contributed by atoms with E-state index in [2.05, 4.69) is 4.98 Å². The number of nitrogens with two attached hydrogens (primary N) is 1. The number of amides is 2. The number of pyridine rings is 1. The summed E-state index contributed by atoms with van der Waals surface area (Å²) in [6.45, 7) is 1.79. The highest BCUT2D eigenvalue weighted by Crippen LogP contribution is 2.32. The summed E-state index contributed by atoms with van der Waals surface area (Å²) in [5, 5.41) is 0.814. The summed E-state index contributed by atoms with van der Waals surface area (Å²) in [5.41, 5.74) is 7.50. The van der Waals surface area contributed by atoms with Gasteiger partial charge < -0.3 is 15.2 Å². The number of halogens is 2. The van der Waals surface area contributed by atoms with Gasteiger partial charge in [-0.05, 0) is 36.2 Å². The molecule has 1 aromatic carbocycles. The molecule has 2 aromatic heterocycles. The van der Waals surface area contributed by atoms with Crippen molar-refractivity contribution in [3.05, 3.63) is 53.1 Å². The van der Waals surface area contributed by atoms with Crippen LogP contribution in [0.2, 0.25) is 5.02 Å². The van der Waals surface area contributed by atoms with Crippen molar-refractivity contribution < 1.29 is 14.0 Å². The van der Waals surface area contributed by atoms with Crippen LogP contribution in [0.25, 0.3) is 22.2 Å². The minimum atomic E-state index is -0.622. The third kappa shape index (κ3) is 3.33. The van der Waals surface area contributed by atoms with Gasteiger partial charge >= 0.3 is 0 Å². The first kappa shape index (κ1) is 18.4. The lowest BCUT2D eigenvalue weighted by Crippen LogP contribution is -2.28. The van der Waals surface area contributed by atoms with E-state index >= 15 is 0 Å². The molecule has 2 amide bonds. The molecule has 6 nitrogen and oxygen atoms in total. The maximum Gasteiger partial charge on any atom is 0.267 e. The van der Waals surface area contributed by atoms with Crippen molar-refractivity contribution >= 4 is 34.4 Å². The van der Waals surface area contributed by atoms with Crippen LogP contribution in [0.15, 0.2) is 36.5 Å². The van der Waals surface area contributed by atoms with E-state index in [1.54, 1.807) is 18.2 Å². The van der Waals surface area contributed by atoms with Crippen molar-refractivity contribution in [1.29, 1.82) is 0 Å². The van der Waals surface area contributed by atoms with E-state index in [0.717, 1.165) is 23.9 Å². The SMILES string of the molecule is NC(=O)c1ccc2c(-c3ccc(Cl)c(F)c3)cn(CCN3CCCC3=O)c2n1. The van der Waals surface area contributed by atoms with Gasteiger partial charge in [-0.25, -0.2) is 9.37 Å². The predicted molar refractivity (Wildman–Crippen MR) is 104 cm³/mol. The van der Waals surface area contributed by atoms with Crippen LogP contribution in [0, 0.1) is 5.82 Å². The molecule has 0 bridgehead atoms. The summed E-state index contributed by atoms with van der Waals surface area (Å²) < 4.78 is 15.8. The molecule has 0 atom stereocenters. The van der Waals surface area contributed by atoms with Gasteiger partial charge in [-0.2, -0.15) is 0 Å². The average Bonchev–Trinajstić information content (AvgIpc) is 3.25. The van der Waals surface area contributed by atoms with E-state index in [9.17, 15) is 14.0 Å². The number of fused-ring (bicyclic) bond motifs is 1. The number of nitrogens with zero attached hydrogens (tertiary/aromatic N) is 3. The quantitative estimate of drug-likeness (QED) is 0.714. The lowest BCUT2D eigenvalue weighted by Gasteiger charge is -2.16. The van der Waals surface area contributed by atoms with Crippen LogP contribution in [-0.4, -0.2) is 39.4 Å². The van der Waals surface area contributed by atoms with Gasteiger partial charge in [-0.1, -0.05) is 17.7 Å². The molecule has 0 aliphatic carbocycles. The molecule has 1 saturated heterocycles. The maximum absolute atomic E-state index is 14.0. The zero-order valence-electron chi connectivity index (χ0n) is 15.0. The van der Waals surface area contributed by atoms with Crippen molar-refractivity contribution in [2.75, 3.05) is 13.1 Å². The van der Waals surface area contributed by atoms with Gasteiger partial charge in [-0.15, -0.1) is 0 Å². The third-order valence-electron chi connectivity index (χ3n) is 4.99. The van der Waals surface area contributed by atoms with Crippen LogP contribution in [0.1, 0.15) is 23.3 Å². The molecule has 0 spiro atoms. The Labute approximate surface area is 165 Å². The second-order valence-electron chi connectivity index (χ2n) is 6.78. The van der Waals surface area contributed by atoms with E-state index in [1.165, 1.54) is 12.1 Å². The number of hydrogen-bond acceptors (Lipinski definition) is 3. The second kappa shape index (κ2) is 7.24. The molecule has 1 aliphatic heterocycles. The Kier molecular flexibility index (Phi) is 4.77. The third-order valence-corrected chi connectivity index (χ3v) is 5.29. The summed E-state index contributed by atoms with van der Waals surface area (Å²) in [6.07, 6.45) is 3.29. The van der Waals surface area contributed by atoms with E-state index in [0.29, 0.717) is 30.7 Å². The van der Waals surface area contributed by atoms with Crippen molar-refractivity contribution in [3.63, 3.8) is 0 Å². The molecular weight excluding hydrogens is 383 g/mol. The number of primary amides is 1. The fourth-order valence-electron chi connectivity index (χ4n) is 3.53. The Balaban J connectivity index is 1.78. The number of rotatable bonds is 5. The van der Waals surface area contributed by atoms with Gasteiger partial charge in [0.2, 0.25) is 5.91 Å². The molecular formula is C20H18ClFN4O2. The smallest absolute Gasteiger partial charge is 0.267 e. The highest BCUT2D eigenvalue weighted by molar-refractivity contribution is 6.30. The van der Waals surface area contributed by atoms with Crippen LogP contribution in [-0.2, 0) is 11.3 Å². The van der Waals surface area contributed by atoms with E-state index in [4.69, 9.17) is 17.3 Å². The number of carbonyl (C=O) groups excluding carboxylic acids is 2. The van der Waals surface area contributed by atoms with Crippen LogP contribution >= 0.6 is 11.6 Å². The van der Waals surface area contributed by atoms with E-state index < -0.39 is 11.7 Å². The maximum atomic E-state index is 14.0. The predicted octanol–water partition coefficient (Wildman–Crippen LogP) is 3.22. The Morgan fingerprint density at radius 1 is 1.25 bits per heavy atom. The van der Waals surface area contributed by atoms with Crippen LogP contribution < -0.4 is 5.73 Å². The Morgan fingerprint density at radius 2 is 2.07 bits per heavy atom.